The molecule has 0 bridgehead atoms. The van der Waals surface area contributed by atoms with Gasteiger partial charge in [-0.3, -0.25) is 4.79 Å². The first-order chi connectivity index (χ1) is 9.13. The van der Waals surface area contributed by atoms with Crippen molar-refractivity contribution in [1.82, 2.24) is 10.3 Å². The smallest absolute Gasteiger partial charge is 0.355 e. The molecular formula is C12H16N2O4S. The van der Waals surface area contributed by atoms with E-state index in [0.717, 1.165) is 0 Å². The van der Waals surface area contributed by atoms with Gasteiger partial charge in [0.1, 0.15) is 5.01 Å². The molecule has 6 nitrogen and oxygen atoms in total. The third-order valence-electron chi connectivity index (χ3n) is 2.14. The highest BCUT2D eigenvalue weighted by molar-refractivity contribution is 7.09. The number of carbonyl (C=O) groups is 2. The van der Waals surface area contributed by atoms with Crippen molar-refractivity contribution in [2.24, 2.45) is 0 Å². The molecule has 0 saturated carbocycles. The summed E-state index contributed by atoms with van der Waals surface area (Å²) in [6, 6.07) is 0. The normalized spacial score (nSPS) is 10.1. The zero-order valence-electron chi connectivity index (χ0n) is 10.4. The topological polar surface area (TPSA) is 88.5 Å². The van der Waals surface area contributed by atoms with E-state index < -0.39 is 5.97 Å². The number of aromatic nitrogens is 1. The second-order valence-electron chi connectivity index (χ2n) is 3.68. The summed E-state index contributed by atoms with van der Waals surface area (Å²) in [6.07, 6.45) is 2.66. The zero-order valence-corrected chi connectivity index (χ0v) is 11.2. The number of rotatable bonds is 9. The average Bonchev–Trinajstić information content (AvgIpc) is 2.85. The molecule has 1 amide bonds. The zero-order chi connectivity index (χ0) is 14.1. The summed E-state index contributed by atoms with van der Waals surface area (Å²) in [5, 5.41) is 13.4. The molecule has 0 spiro atoms. The minimum absolute atomic E-state index is 0.00655. The van der Waals surface area contributed by atoms with Crippen LogP contribution in [-0.4, -0.2) is 35.2 Å². The molecule has 1 heterocycles. The minimum atomic E-state index is -1.06. The number of aromatic carboxylic acids is 1. The van der Waals surface area contributed by atoms with Crippen molar-refractivity contribution in [3.05, 3.63) is 28.7 Å². The molecule has 0 aliphatic heterocycles. The highest BCUT2D eigenvalue weighted by Crippen LogP contribution is 2.09. The minimum Gasteiger partial charge on any atom is -0.476 e. The Labute approximate surface area is 115 Å². The quantitative estimate of drug-likeness (QED) is 0.529. The van der Waals surface area contributed by atoms with Crippen LogP contribution < -0.4 is 5.32 Å². The van der Waals surface area contributed by atoms with E-state index in [4.69, 9.17) is 9.84 Å². The van der Waals surface area contributed by atoms with E-state index in [1.54, 1.807) is 6.08 Å². The molecule has 0 unspecified atom stereocenters. The number of ether oxygens (including phenoxy) is 1. The van der Waals surface area contributed by atoms with Gasteiger partial charge < -0.3 is 15.2 Å². The van der Waals surface area contributed by atoms with Crippen molar-refractivity contribution in [3.63, 3.8) is 0 Å². The molecule has 19 heavy (non-hydrogen) atoms. The van der Waals surface area contributed by atoms with Gasteiger partial charge in [0.15, 0.2) is 5.69 Å². The summed E-state index contributed by atoms with van der Waals surface area (Å²) in [4.78, 5) is 26.0. The second kappa shape index (κ2) is 8.39. The lowest BCUT2D eigenvalue weighted by Gasteiger charge is -2.03. The Morgan fingerprint density at radius 1 is 1.58 bits per heavy atom. The predicted octanol–water partition coefficient (Wildman–Crippen LogP) is 1.44. The van der Waals surface area contributed by atoms with E-state index in [1.807, 2.05) is 0 Å². The van der Waals surface area contributed by atoms with Crippen molar-refractivity contribution < 1.29 is 19.4 Å². The molecule has 0 aliphatic carbocycles. The molecule has 1 aromatic heterocycles. The second-order valence-corrected chi connectivity index (χ2v) is 4.62. The number of hydrogen-bond acceptors (Lipinski definition) is 5. The molecule has 0 atom stereocenters. The van der Waals surface area contributed by atoms with Crippen LogP contribution in [0.4, 0.5) is 0 Å². The Kier molecular flexibility index (Phi) is 6.76. The van der Waals surface area contributed by atoms with Crippen molar-refractivity contribution in [1.29, 1.82) is 0 Å². The molecule has 0 fully saturated rings. The fourth-order valence-corrected chi connectivity index (χ4v) is 1.96. The number of carboxylic acid groups (broad SMARTS) is 1. The van der Waals surface area contributed by atoms with Gasteiger partial charge in [-0.1, -0.05) is 6.08 Å². The van der Waals surface area contributed by atoms with E-state index in [1.165, 1.54) is 16.7 Å². The Morgan fingerprint density at radius 2 is 2.37 bits per heavy atom. The van der Waals surface area contributed by atoms with Crippen LogP contribution >= 0.6 is 11.3 Å². The van der Waals surface area contributed by atoms with Gasteiger partial charge >= 0.3 is 5.97 Å². The maximum atomic E-state index is 11.5. The Morgan fingerprint density at radius 3 is 3.00 bits per heavy atom. The lowest BCUT2D eigenvalue weighted by molar-refractivity contribution is -0.121. The molecule has 2 N–H and O–H groups in total. The maximum Gasteiger partial charge on any atom is 0.355 e. The SMILES string of the molecule is C=CCOCCCC(=O)NCc1nc(C(=O)O)cs1. The first kappa shape index (κ1) is 15.3. The van der Waals surface area contributed by atoms with Gasteiger partial charge in [-0.15, -0.1) is 17.9 Å². The Hall–Kier alpha value is -1.73. The Balaban J connectivity index is 2.18. The largest absolute Gasteiger partial charge is 0.476 e. The third-order valence-corrected chi connectivity index (χ3v) is 2.98. The number of hydrogen-bond donors (Lipinski definition) is 2. The molecule has 0 aliphatic rings. The first-order valence-corrected chi connectivity index (χ1v) is 6.64. The van der Waals surface area contributed by atoms with Crippen LogP contribution in [0.2, 0.25) is 0 Å². The number of carboxylic acids is 1. The molecule has 1 rings (SSSR count). The molecular weight excluding hydrogens is 268 g/mol. The lowest BCUT2D eigenvalue weighted by Crippen LogP contribution is -2.22. The van der Waals surface area contributed by atoms with E-state index in [0.29, 0.717) is 31.1 Å². The fraction of sp³-hybridized carbons (Fsp3) is 0.417. The maximum absolute atomic E-state index is 11.5. The number of thiazole rings is 1. The van der Waals surface area contributed by atoms with Gasteiger partial charge in [0.05, 0.1) is 13.2 Å². The predicted molar refractivity (Wildman–Crippen MR) is 71.2 cm³/mol. The molecule has 0 radical (unpaired) electrons. The van der Waals surface area contributed by atoms with Crippen molar-refractivity contribution >= 4 is 23.2 Å². The van der Waals surface area contributed by atoms with Crippen LogP contribution in [-0.2, 0) is 16.1 Å². The highest BCUT2D eigenvalue weighted by Gasteiger charge is 2.09. The van der Waals surface area contributed by atoms with Crippen LogP contribution in [0.25, 0.3) is 0 Å². The van der Waals surface area contributed by atoms with Gasteiger partial charge in [0.25, 0.3) is 0 Å². The molecule has 0 saturated heterocycles. The summed E-state index contributed by atoms with van der Waals surface area (Å²) >= 11 is 1.21. The van der Waals surface area contributed by atoms with E-state index in [2.05, 4.69) is 16.9 Å². The van der Waals surface area contributed by atoms with Crippen LogP contribution in [0.1, 0.15) is 28.3 Å². The number of nitrogens with one attached hydrogen (secondary N) is 1. The molecule has 1 aromatic rings. The summed E-state index contributed by atoms with van der Waals surface area (Å²) in [7, 11) is 0. The van der Waals surface area contributed by atoms with Gasteiger partial charge in [0.2, 0.25) is 5.91 Å². The summed E-state index contributed by atoms with van der Waals surface area (Å²) < 4.78 is 5.15. The fourth-order valence-electron chi connectivity index (χ4n) is 1.25. The third kappa shape index (κ3) is 6.12. The van der Waals surface area contributed by atoms with E-state index in [-0.39, 0.29) is 18.1 Å². The van der Waals surface area contributed by atoms with Crippen LogP contribution in [0.15, 0.2) is 18.0 Å². The van der Waals surface area contributed by atoms with Gasteiger partial charge in [-0.05, 0) is 6.42 Å². The van der Waals surface area contributed by atoms with Crippen LogP contribution in [0, 0.1) is 0 Å². The summed E-state index contributed by atoms with van der Waals surface area (Å²) in [5.74, 6) is -1.16. The number of nitrogens with zero attached hydrogens (tertiary/aromatic N) is 1. The molecule has 0 aromatic carbocycles. The standard InChI is InChI=1S/C12H16N2O4S/c1-2-5-18-6-3-4-10(15)13-7-11-14-9(8-19-11)12(16)17/h2,8H,1,3-7H2,(H,13,15)(H,16,17). The lowest BCUT2D eigenvalue weighted by atomic mass is 10.3. The van der Waals surface area contributed by atoms with Crippen molar-refractivity contribution in [2.45, 2.75) is 19.4 Å². The number of amides is 1. The first-order valence-electron chi connectivity index (χ1n) is 5.76. The van der Waals surface area contributed by atoms with E-state index >= 15 is 0 Å². The Bertz CT molecular complexity index is 445. The van der Waals surface area contributed by atoms with Crippen LogP contribution in [0.5, 0.6) is 0 Å². The van der Waals surface area contributed by atoms with E-state index in [9.17, 15) is 9.59 Å². The van der Waals surface area contributed by atoms with Crippen LogP contribution in [0.3, 0.4) is 0 Å². The monoisotopic (exact) mass is 284 g/mol. The van der Waals surface area contributed by atoms with Crippen molar-refractivity contribution in [3.8, 4) is 0 Å². The highest BCUT2D eigenvalue weighted by atomic mass is 32.1. The summed E-state index contributed by atoms with van der Waals surface area (Å²) in [5.41, 5.74) is 0.00655. The van der Waals surface area contributed by atoms with Crippen molar-refractivity contribution in [2.75, 3.05) is 13.2 Å². The van der Waals surface area contributed by atoms with Gasteiger partial charge in [-0.2, -0.15) is 0 Å². The van der Waals surface area contributed by atoms with Gasteiger partial charge in [0, 0.05) is 18.4 Å². The number of carbonyl (C=O) groups excluding carboxylic acids is 1. The summed E-state index contributed by atoms with van der Waals surface area (Å²) in [6.45, 7) is 4.77. The molecule has 104 valence electrons. The molecule has 7 heteroatoms. The average molecular weight is 284 g/mol. The van der Waals surface area contributed by atoms with Gasteiger partial charge in [-0.25, -0.2) is 9.78 Å².